The van der Waals surface area contributed by atoms with Crippen molar-refractivity contribution in [3.63, 3.8) is 0 Å². The Balaban J connectivity index is 2.27. The van der Waals surface area contributed by atoms with Crippen LogP contribution in [0, 0.1) is 0 Å². The predicted octanol–water partition coefficient (Wildman–Crippen LogP) is 3.00. The van der Waals surface area contributed by atoms with Crippen LogP contribution in [0.25, 0.3) is 10.6 Å². The molecule has 2 N–H and O–H groups in total. The van der Waals surface area contributed by atoms with Crippen molar-refractivity contribution >= 4 is 17.3 Å². The minimum Gasteiger partial charge on any atom is -0.492 e. The molecule has 0 spiro atoms. The van der Waals surface area contributed by atoms with Crippen molar-refractivity contribution in [3.8, 4) is 22.2 Å². The van der Waals surface area contributed by atoms with Gasteiger partial charge in [0.1, 0.15) is 10.8 Å². The number of aromatic hydroxyl groups is 1. The molecule has 0 aliphatic heterocycles. The number of nitrogens with zero attached hydrogens (tertiary/aromatic N) is 1. The van der Waals surface area contributed by atoms with Gasteiger partial charge >= 0.3 is 5.97 Å². The summed E-state index contributed by atoms with van der Waals surface area (Å²) in [5.41, 5.74) is 0.740. The molecule has 19 heavy (non-hydrogen) atoms. The Morgan fingerprint density at radius 3 is 2.42 bits per heavy atom. The number of hydrogen-bond acceptors (Lipinski definition) is 5. The SMILES string of the molecule is CC(C)Oc1ccc(-c2nc(O)c(C(=O)O)s2)cc1. The van der Waals surface area contributed by atoms with Crippen LogP contribution in [-0.4, -0.2) is 27.3 Å². The van der Waals surface area contributed by atoms with Crippen LogP contribution in [0.1, 0.15) is 23.5 Å². The normalized spacial score (nSPS) is 10.7. The van der Waals surface area contributed by atoms with Gasteiger partial charge in [-0.25, -0.2) is 9.78 Å². The number of aromatic carboxylic acids is 1. The Bertz CT molecular complexity index is 589. The Labute approximate surface area is 114 Å². The summed E-state index contributed by atoms with van der Waals surface area (Å²) in [5.74, 6) is -0.894. The molecule has 2 rings (SSSR count). The highest BCUT2D eigenvalue weighted by Crippen LogP contribution is 2.32. The van der Waals surface area contributed by atoms with Crippen LogP contribution < -0.4 is 4.74 Å². The average molecular weight is 279 g/mol. The molecule has 0 atom stereocenters. The molecule has 0 saturated heterocycles. The molecule has 0 bridgehead atoms. The van der Waals surface area contributed by atoms with Gasteiger partial charge in [-0.2, -0.15) is 0 Å². The highest BCUT2D eigenvalue weighted by atomic mass is 32.1. The Morgan fingerprint density at radius 2 is 1.95 bits per heavy atom. The number of rotatable bonds is 4. The first-order chi connectivity index (χ1) is 8.97. The minimum atomic E-state index is -1.18. The molecule has 0 aliphatic rings. The summed E-state index contributed by atoms with van der Waals surface area (Å²) in [7, 11) is 0. The Kier molecular flexibility index (Phi) is 3.71. The lowest BCUT2D eigenvalue weighted by Crippen LogP contribution is -2.05. The first kappa shape index (κ1) is 13.4. The van der Waals surface area contributed by atoms with E-state index in [4.69, 9.17) is 9.84 Å². The molecule has 0 aliphatic carbocycles. The van der Waals surface area contributed by atoms with E-state index in [0.29, 0.717) is 5.01 Å². The third-order valence-electron chi connectivity index (χ3n) is 2.28. The van der Waals surface area contributed by atoms with Gasteiger partial charge in [-0.3, -0.25) is 0 Å². The molecular weight excluding hydrogens is 266 g/mol. The molecule has 2 aromatic rings. The lowest BCUT2D eigenvalue weighted by atomic mass is 10.2. The van der Waals surface area contributed by atoms with Crippen LogP contribution in [0.15, 0.2) is 24.3 Å². The fourth-order valence-electron chi connectivity index (χ4n) is 1.52. The van der Waals surface area contributed by atoms with Crippen molar-refractivity contribution in [1.29, 1.82) is 0 Å². The number of ether oxygens (including phenoxy) is 1. The maximum absolute atomic E-state index is 10.8. The van der Waals surface area contributed by atoms with Crippen LogP contribution in [0.3, 0.4) is 0 Å². The zero-order chi connectivity index (χ0) is 14.0. The van der Waals surface area contributed by atoms with E-state index in [1.54, 1.807) is 24.3 Å². The van der Waals surface area contributed by atoms with Crippen molar-refractivity contribution < 1.29 is 19.7 Å². The van der Waals surface area contributed by atoms with Crippen LogP contribution in [-0.2, 0) is 0 Å². The number of thiazole rings is 1. The molecular formula is C13H13NO4S. The third-order valence-corrected chi connectivity index (χ3v) is 3.36. The summed E-state index contributed by atoms with van der Waals surface area (Å²) >= 11 is 0.939. The highest BCUT2D eigenvalue weighted by molar-refractivity contribution is 7.17. The molecule has 1 aromatic carbocycles. The first-order valence-corrected chi connectivity index (χ1v) is 6.49. The molecule has 1 heterocycles. The molecule has 0 radical (unpaired) electrons. The van der Waals surface area contributed by atoms with Gasteiger partial charge in [-0.05, 0) is 38.1 Å². The second-order valence-corrected chi connectivity index (χ2v) is 5.17. The van der Waals surface area contributed by atoms with Gasteiger partial charge in [-0.1, -0.05) is 0 Å². The van der Waals surface area contributed by atoms with Gasteiger partial charge in [0.2, 0.25) is 5.88 Å². The van der Waals surface area contributed by atoms with Crippen LogP contribution in [0.5, 0.6) is 11.6 Å². The molecule has 0 unspecified atom stereocenters. The standard InChI is InChI=1S/C13H13NO4S/c1-7(2)18-9-5-3-8(4-6-9)12-14-11(15)10(19-12)13(16)17/h3-7,15H,1-2H3,(H,16,17). The zero-order valence-electron chi connectivity index (χ0n) is 10.5. The zero-order valence-corrected chi connectivity index (χ0v) is 11.3. The highest BCUT2D eigenvalue weighted by Gasteiger charge is 2.17. The van der Waals surface area contributed by atoms with Crippen molar-refractivity contribution in [3.05, 3.63) is 29.1 Å². The molecule has 0 saturated carbocycles. The number of benzene rings is 1. The molecule has 6 heteroatoms. The van der Waals surface area contributed by atoms with E-state index in [9.17, 15) is 9.90 Å². The van der Waals surface area contributed by atoms with Gasteiger partial charge in [0.15, 0.2) is 4.88 Å². The van der Waals surface area contributed by atoms with Crippen molar-refractivity contribution in [1.82, 2.24) is 4.98 Å². The predicted molar refractivity (Wildman–Crippen MR) is 71.9 cm³/mol. The number of carbonyl (C=O) groups is 1. The lowest BCUT2D eigenvalue weighted by molar-refractivity contribution is 0.0699. The Morgan fingerprint density at radius 1 is 1.32 bits per heavy atom. The molecule has 0 fully saturated rings. The smallest absolute Gasteiger partial charge is 0.351 e. The fourth-order valence-corrected chi connectivity index (χ4v) is 2.33. The summed E-state index contributed by atoms with van der Waals surface area (Å²) in [6.07, 6.45) is 0.0911. The van der Waals surface area contributed by atoms with E-state index in [0.717, 1.165) is 22.6 Å². The number of hydrogen-bond donors (Lipinski definition) is 2. The van der Waals surface area contributed by atoms with E-state index in [-0.39, 0.29) is 11.0 Å². The summed E-state index contributed by atoms with van der Waals surface area (Å²) in [5, 5.41) is 18.8. The summed E-state index contributed by atoms with van der Waals surface area (Å²) in [6, 6.07) is 7.13. The third kappa shape index (κ3) is 3.03. The number of carboxylic acid groups (broad SMARTS) is 1. The van der Waals surface area contributed by atoms with Crippen LogP contribution in [0.4, 0.5) is 0 Å². The number of carboxylic acids is 1. The molecule has 5 nitrogen and oxygen atoms in total. The van der Waals surface area contributed by atoms with Gasteiger partial charge in [-0.15, -0.1) is 11.3 Å². The van der Waals surface area contributed by atoms with Gasteiger partial charge in [0.05, 0.1) is 6.10 Å². The second kappa shape index (κ2) is 5.27. The molecule has 1 aromatic heterocycles. The summed E-state index contributed by atoms with van der Waals surface area (Å²) in [6.45, 7) is 3.87. The van der Waals surface area contributed by atoms with E-state index in [2.05, 4.69) is 4.98 Å². The quantitative estimate of drug-likeness (QED) is 0.899. The van der Waals surface area contributed by atoms with E-state index in [1.165, 1.54) is 0 Å². The van der Waals surface area contributed by atoms with E-state index >= 15 is 0 Å². The first-order valence-electron chi connectivity index (χ1n) is 5.67. The maximum atomic E-state index is 10.8. The largest absolute Gasteiger partial charge is 0.492 e. The number of aromatic nitrogens is 1. The minimum absolute atomic E-state index is 0.0911. The van der Waals surface area contributed by atoms with Crippen LogP contribution in [0.2, 0.25) is 0 Å². The Hall–Kier alpha value is -2.08. The van der Waals surface area contributed by atoms with Crippen molar-refractivity contribution in [2.75, 3.05) is 0 Å². The molecule has 0 amide bonds. The maximum Gasteiger partial charge on any atom is 0.351 e. The van der Waals surface area contributed by atoms with Crippen molar-refractivity contribution in [2.24, 2.45) is 0 Å². The van der Waals surface area contributed by atoms with Gasteiger partial charge in [0.25, 0.3) is 0 Å². The monoisotopic (exact) mass is 279 g/mol. The van der Waals surface area contributed by atoms with Crippen molar-refractivity contribution in [2.45, 2.75) is 20.0 Å². The van der Waals surface area contributed by atoms with E-state index < -0.39 is 11.8 Å². The second-order valence-electron chi connectivity index (χ2n) is 4.17. The van der Waals surface area contributed by atoms with E-state index in [1.807, 2.05) is 13.8 Å². The van der Waals surface area contributed by atoms with Gasteiger partial charge in [0, 0.05) is 5.56 Å². The molecule has 100 valence electrons. The van der Waals surface area contributed by atoms with Crippen LogP contribution >= 0.6 is 11.3 Å². The summed E-state index contributed by atoms with van der Waals surface area (Å²) < 4.78 is 5.51. The van der Waals surface area contributed by atoms with Gasteiger partial charge < -0.3 is 14.9 Å². The topological polar surface area (TPSA) is 79.7 Å². The average Bonchev–Trinajstić information content (AvgIpc) is 2.71. The lowest BCUT2D eigenvalue weighted by Gasteiger charge is -2.09. The summed E-state index contributed by atoms with van der Waals surface area (Å²) in [4.78, 5) is 14.5. The fraction of sp³-hybridized carbons (Fsp3) is 0.231.